The fourth-order valence-electron chi connectivity index (χ4n) is 1.37. The molecule has 13 heavy (non-hydrogen) atoms. The van der Waals surface area contributed by atoms with Gasteiger partial charge < -0.3 is 4.57 Å². The maximum absolute atomic E-state index is 13.3. The quantitative estimate of drug-likeness (QED) is 0.610. The predicted octanol–water partition coefficient (Wildman–Crippen LogP) is 2.16. The van der Waals surface area contributed by atoms with Gasteiger partial charge in [0.05, 0.1) is 11.8 Å². The van der Waals surface area contributed by atoms with Crippen molar-refractivity contribution in [2.45, 2.75) is 6.92 Å². The molecular weight excluding hydrogens is 174 g/mol. The Hall–Kier alpha value is -1.45. The number of imidazole rings is 1. The van der Waals surface area contributed by atoms with Crippen LogP contribution < -0.4 is 0 Å². The molecule has 4 heteroatoms. The fraction of sp³-hybridized carbons (Fsp3) is 0.222. The van der Waals surface area contributed by atoms with Gasteiger partial charge in [0.2, 0.25) is 0 Å². The van der Waals surface area contributed by atoms with E-state index in [1.165, 1.54) is 23.9 Å². The van der Waals surface area contributed by atoms with Gasteiger partial charge in [0.15, 0.2) is 11.6 Å². The third kappa shape index (κ3) is 1.02. The van der Waals surface area contributed by atoms with Crippen LogP contribution in [0.2, 0.25) is 0 Å². The summed E-state index contributed by atoms with van der Waals surface area (Å²) in [6.45, 7) is 1.52. The number of hydrogen-bond acceptors (Lipinski definition) is 1. The normalized spacial score (nSPS) is 11.1. The molecule has 68 valence electrons. The van der Waals surface area contributed by atoms with E-state index in [1.807, 2.05) is 0 Å². The molecule has 1 aromatic carbocycles. The second-order valence-electron chi connectivity index (χ2n) is 3.04. The number of aromatic nitrogens is 2. The molecule has 0 N–H and O–H groups in total. The van der Waals surface area contributed by atoms with Gasteiger partial charge in [0, 0.05) is 7.05 Å². The van der Waals surface area contributed by atoms with Crippen LogP contribution in [0.4, 0.5) is 8.78 Å². The summed E-state index contributed by atoms with van der Waals surface area (Å²) in [6.07, 6.45) is 1.46. The second kappa shape index (κ2) is 2.52. The van der Waals surface area contributed by atoms with Gasteiger partial charge in [-0.05, 0) is 18.6 Å². The van der Waals surface area contributed by atoms with Crippen LogP contribution >= 0.6 is 0 Å². The molecule has 2 aromatic rings. The molecule has 0 aliphatic carbocycles. The van der Waals surface area contributed by atoms with Gasteiger partial charge in [-0.15, -0.1) is 0 Å². The average Bonchev–Trinajstić information content (AvgIpc) is 2.43. The second-order valence-corrected chi connectivity index (χ2v) is 3.04. The highest BCUT2D eigenvalue weighted by atomic mass is 19.2. The van der Waals surface area contributed by atoms with Crippen LogP contribution in [-0.2, 0) is 7.05 Å². The summed E-state index contributed by atoms with van der Waals surface area (Å²) in [5, 5.41) is 0. The van der Waals surface area contributed by atoms with Crippen LogP contribution in [-0.4, -0.2) is 9.55 Å². The monoisotopic (exact) mass is 182 g/mol. The zero-order valence-corrected chi connectivity index (χ0v) is 7.31. The molecule has 0 saturated carbocycles. The highest BCUT2D eigenvalue weighted by Gasteiger charge is 2.13. The molecule has 0 radical (unpaired) electrons. The third-order valence-corrected chi connectivity index (χ3v) is 2.07. The minimum absolute atomic E-state index is 0.211. The molecular formula is C9H8F2N2. The van der Waals surface area contributed by atoms with E-state index in [-0.39, 0.29) is 11.1 Å². The summed E-state index contributed by atoms with van der Waals surface area (Å²) in [5.41, 5.74) is 0.978. The van der Waals surface area contributed by atoms with E-state index in [9.17, 15) is 8.78 Å². The van der Waals surface area contributed by atoms with Crippen molar-refractivity contribution in [1.29, 1.82) is 0 Å². The Morgan fingerprint density at radius 3 is 2.69 bits per heavy atom. The molecule has 0 atom stereocenters. The zero-order valence-electron chi connectivity index (χ0n) is 7.31. The Morgan fingerprint density at radius 2 is 2.00 bits per heavy atom. The SMILES string of the molecule is Cc1cc2ncn(C)c2c(F)c1F. The summed E-state index contributed by atoms with van der Waals surface area (Å²) in [4.78, 5) is 3.94. The summed E-state index contributed by atoms with van der Waals surface area (Å²) in [6, 6.07) is 1.54. The van der Waals surface area contributed by atoms with Crippen LogP contribution in [0, 0.1) is 18.6 Å². The minimum atomic E-state index is -0.824. The van der Waals surface area contributed by atoms with Crippen LogP contribution in [0.3, 0.4) is 0 Å². The molecule has 0 fully saturated rings. The van der Waals surface area contributed by atoms with Crippen LogP contribution in [0.5, 0.6) is 0 Å². The molecule has 0 bridgehead atoms. The lowest BCUT2D eigenvalue weighted by Crippen LogP contribution is -1.94. The Kier molecular flexibility index (Phi) is 1.58. The Balaban J connectivity index is 2.97. The van der Waals surface area contributed by atoms with E-state index in [0.29, 0.717) is 5.52 Å². The average molecular weight is 182 g/mol. The first-order chi connectivity index (χ1) is 6.11. The summed E-state index contributed by atoms with van der Waals surface area (Å²) in [5.74, 6) is -1.62. The number of aryl methyl sites for hydroxylation is 2. The van der Waals surface area contributed by atoms with Crippen molar-refractivity contribution in [3.05, 3.63) is 29.6 Å². The van der Waals surface area contributed by atoms with Crippen molar-refractivity contribution in [2.75, 3.05) is 0 Å². The van der Waals surface area contributed by atoms with Crippen molar-refractivity contribution in [3.63, 3.8) is 0 Å². The molecule has 0 unspecified atom stereocenters. The molecule has 2 rings (SSSR count). The van der Waals surface area contributed by atoms with Crippen molar-refractivity contribution in [1.82, 2.24) is 9.55 Å². The van der Waals surface area contributed by atoms with Crippen molar-refractivity contribution >= 4 is 11.0 Å². The molecule has 0 aliphatic heterocycles. The number of fused-ring (bicyclic) bond motifs is 1. The van der Waals surface area contributed by atoms with Gasteiger partial charge in [-0.3, -0.25) is 0 Å². The lowest BCUT2D eigenvalue weighted by molar-refractivity contribution is 0.508. The van der Waals surface area contributed by atoms with E-state index >= 15 is 0 Å². The van der Waals surface area contributed by atoms with Gasteiger partial charge in [-0.1, -0.05) is 0 Å². The maximum Gasteiger partial charge on any atom is 0.184 e. The fourth-order valence-corrected chi connectivity index (χ4v) is 1.37. The molecule has 0 saturated heterocycles. The van der Waals surface area contributed by atoms with Gasteiger partial charge in [0.25, 0.3) is 0 Å². The smallest absolute Gasteiger partial charge is 0.184 e. The predicted molar refractivity (Wildman–Crippen MR) is 45.4 cm³/mol. The molecule has 1 aromatic heterocycles. The van der Waals surface area contributed by atoms with Crippen LogP contribution in [0.15, 0.2) is 12.4 Å². The highest BCUT2D eigenvalue weighted by molar-refractivity contribution is 5.76. The highest BCUT2D eigenvalue weighted by Crippen LogP contribution is 2.21. The summed E-state index contributed by atoms with van der Waals surface area (Å²) < 4.78 is 27.9. The van der Waals surface area contributed by atoms with Crippen LogP contribution in [0.1, 0.15) is 5.56 Å². The van der Waals surface area contributed by atoms with E-state index in [1.54, 1.807) is 7.05 Å². The van der Waals surface area contributed by atoms with E-state index in [4.69, 9.17) is 0 Å². The Morgan fingerprint density at radius 1 is 1.31 bits per heavy atom. The topological polar surface area (TPSA) is 17.8 Å². The molecule has 0 amide bonds. The number of halogens is 2. The lowest BCUT2D eigenvalue weighted by Gasteiger charge is -2.00. The van der Waals surface area contributed by atoms with E-state index in [2.05, 4.69) is 4.98 Å². The standard InChI is InChI=1S/C9H8F2N2/c1-5-3-6-9(8(11)7(5)10)13(2)4-12-6/h3-4H,1-2H3. The molecule has 2 nitrogen and oxygen atoms in total. The van der Waals surface area contributed by atoms with Gasteiger partial charge in [-0.2, -0.15) is 0 Å². The van der Waals surface area contributed by atoms with Crippen molar-refractivity contribution < 1.29 is 8.78 Å². The van der Waals surface area contributed by atoms with E-state index < -0.39 is 11.6 Å². The van der Waals surface area contributed by atoms with Gasteiger partial charge >= 0.3 is 0 Å². The zero-order chi connectivity index (χ0) is 9.59. The Bertz CT molecular complexity index is 474. The Labute approximate surface area is 73.8 Å². The minimum Gasteiger partial charge on any atom is -0.331 e. The van der Waals surface area contributed by atoms with Gasteiger partial charge in [-0.25, -0.2) is 13.8 Å². The van der Waals surface area contributed by atoms with Crippen molar-refractivity contribution in [2.24, 2.45) is 7.05 Å². The van der Waals surface area contributed by atoms with Crippen molar-refractivity contribution in [3.8, 4) is 0 Å². The number of nitrogens with zero attached hydrogens (tertiary/aromatic N) is 2. The van der Waals surface area contributed by atoms with Gasteiger partial charge in [0.1, 0.15) is 5.52 Å². The number of benzene rings is 1. The number of rotatable bonds is 0. The first kappa shape index (κ1) is 8.16. The van der Waals surface area contributed by atoms with Crippen LogP contribution in [0.25, 0.3) is 11.0 Å². The third-order valence-electron chi connectivity index (χ3n) is 2.07. The first-order valence-electron chi connectivity index (χ1n) is 3.87. The first-order valence-corrected chi connectivity index (χ1v) is 3.87. The molecule has 1 heterocycles. The summed E-state index contributed by atoms with van der Waals surface area (Å²) in [7, 11) is 1.63. The van der Waals surface area contributed by atoms with E-state index in [0.717, 1.165) is 0 Å². The maximum atomic E-state index is 13.3. The molecule has 0 aliphatic rings. The largest absolute Gasteiger partial charge is 0.331 e. The number of hydrogen-bond donors (Lipinski definition) is 0. The lowest BCUT2D eigenvalue weighted by atomic mass is 10.2. The summed E-state index contributed by atoms with van der Waals surface area (Å²) >= 11 is 0. The molecule has 0 spiro atoms.